The van der Waals surface area contributed by atoms with Gasteiger partial charge < -0.3 is 5.11 Å². The molecular weight excluding hydrogens is 392 g/mol. The molecule has 0 saturated heterocycles. The van der Waals surface area contributed by atoms with Crippen molar-refractivity contribution in [2.24, 2.45) is 5.10 Å². The van der Waals surface area contributed by atoms with Crippen molar-refractivity contribution in [2.75, 3.05) is 0 Å². The molecule has 29 heavy (non-hydrogen) atoms. The van der Waals surface area contributed by atoms with Crippen molar-refractivity contribution < 1.29 is 18.3 Å². The Labute approximate surface area is 166 Å². The highest BCUT2D eigenvalue weighted by Crippen LogP contribution is 2.24. The van der Waals surface area contributed by atoms with E-state index in [1.54, 1.807) is 36.4 Å². The molecule has 0 spiro atoms. The van der Waals surface area contributed by atoms with Gasteiger partial charge in [0.1, 0.15) is 0 Å². The Morgan fingerprint density at radius 2 is 1.69 bits per heavy atom. The number of hydrogen-bond donors (Lipinski definition) is 2. The molecule has 0 aromatic heterocycles. The van der Waals surface area contributed by atoms with Crippen LogP contribution in [0.5, 0.6) is 0 Å². The largest absolute Gasteiger partial charge is 0.478 e. The molecule has 0 radical (unpaired) electrons. The van der Waals surface area contributed by atoms with E-state index in [4.69, 9.17) is 10.5 Å². The van der Waals surface area contributed by atoms with Crippen LogP contribution >= 0.6 is 0 Å². The maximum absolute atomic E-state index is 12.5. The lowest BCUT2D eigenvalue weighted by Crippen LogP contribution is -2.18. The van der Waals surface area contributed by atoms with Gasteiger partial charge >= 0.3 is 11.7 Å². The lowest BCUT2D eigenvalue weighted by molar-refractivity contribution is 0.0697. The summed E-state index contributed by atoms with van der Waals surface area (Å²) < 4.78 is 25.0. The number of aromatic carboxylic acids is 1. The van der Waals surface area contributed by atoms with E-state index in [-0.39, 0.29) is 10.5 Å². The summed E-state index contributed by atoms with van der Waals surface area (Å²) in [4.78, 5) is 16.1. The van der Waals surface area contributed by atoms with Gasteiger partial charge in [-0.15, -0.1) is 0 Å². The van der Waals surface area contributed by atoms with Gasteiger partial charge in [0.25, 0.3) is 10.0 Å². The van der Waals surface area contributed by atoms with Crippen LogP contribution in [0.1, 0.15) is 15.9 Å². The number of carbonyl (C=O) groups is 1. The fourth-order valence-corrected chi connectivity index (χ4v) is 3.33. The summed E-state index contributed by atoms with van der Waals surface area (Å²) in [6.45, 7) is 0. The molecule has 3 rings (SSSR count). The molecule has 3 aromatic rings. The fraction of sp³-hybridized carbons (Fsp3) is 0. The van der Waals surface area contributed by atoms with Gasteiger partial charge in [0, 0.05) is 12.1 Å². The van der Waals surface area contributed by atoms with Gasteiger partial charge in [0.05, 0.1) is 16.7 Å². The second kappa shape index (κ2) is 8.33. The first-order valence-electron chi connectivity index (χ1n) is 8.33. The van der Waals surface area contributed by atoms with Crippen LogP contribution in [-0.2, 0) is 10.0 Å². The molecule has 0 saturated carbocycles. The molecule has 2 N–H and O–H groups in total. The predicted molar refractivity (Wildman–Crippen MR) is 108 cm³/mol. The van der Waals surface area contributed by atoms with E-state index >= 15 is 0 Å². The SMILES string of the molecule is N#[N+]c1ccc(-c2cccc(S(=O)(=O)N/N=C/c3ccc(C(=O)O)cc3)c2)cc1. The van der Waals surface area contributed by atoms with Crippen LogP contribution in [0.4, 0.5) is 5.69 Å². The highest BCUT2D eigenvalue weighted by atomic mass is 32.2. The first kappa shape index (κ1) is 19.7. The molecule has 0 fully saturated rings. The Morgan fingerprint density at radius 3 is 2.31 bits per heavy atom. The molecular formula is C20H15N4O4S+. The second-order valence-corrected chi connectivity index (χ2v) is 7.62. The van der Waals surface area contributed by atoms with Gasteiger partial charge in [-0.2, -0.15) is 13.5 Å². The first-order valence-corrected chi connectivity index (χ1v) is 9.81. The zero-order valence-electron chi connectivity index (χ0n) is 14.9. The summed E-state index contributed by atoms with van der Waals surface area (Å²) in [5.74, 6) is -1.05. The average Bonchev–Trinajstić information content (AvgIpc) is 2.74. The Morgan fingerprint density at radius 1 is 1.00 bits per heavy atom. The lowest BCUT2D eigenvalue weighted by atomic mass is 10.1. The van der Waals surface area contributed by atoms with E-state index in [1.165, 1.54) is 42.6 Å². The van der Waals surface area contributed by atoms with Gasteiger partial charge in [-0.3, -0.25) is 0 Å². The van der Waals surface area contributed by atoms with E-state index in [0.29, 0.717) is 16.8 Å². The topological polar surface area (TPSA) is 124 Å². The first-order chi connectivity index (χ1) is 13.9. The Balaban J connectivity index is 1.76. The highest BCUT2D eigenvalue weighted by molar-refractivity contribution is 7.89. The van der Waals surface area contributed by atoms with Crippen molar-refractivity contribution in [1.82, 2.24) is 4.83 Å². The molecule has 3 aromatic carbocycles. The third kappa shape index (κ3) is 4.82. The minimum absolute atomic E-state index is 0.0318. The van der Waals surface area contributed by atoms with E-state index in [9.17, 15) is 13.2 Å². The van der Waals surface area contributed by atoms with Crippen LogP contribution < -0.4 is 4.83 Å². The van der Waals surface area contributed by atoms with E-state index in [1.807, 2.05) is 0 Å². The molecule has 144 valence electrons. The fourth-order valence-electron chi connectivity index (χ4n) is 2.50. The quantitative estimate of drug-likeness (QED) is 0.365. The summed E-state index contributed by atoms with van der Waals surface area (Å²) >= 11 is 0. The molecule has 0 heterocycles. The van der Waals surface area contributed by atoms with Gasteiger partial charge in [0.15, 0.2) is 4.98 Å². The van der Waals surface area contributed by atoms with E-state index in [0.717, 1.165) is 5.56 Å². The molecule has 0 atom stereocenters. The van der Waals surface area contributed by atoms with Crippen molar-refractivity contribution in [3.05, 3.63) is 88.9 Å². The number of benzene rings is 3. The maximum atomic E-state index is 12.5. The molecule has 0 bridgehead atoms. The second-order valence-electron chi connectivity index (χ2n) is 5.95. The van der Waals surface area contributed by atoms with E-state index < -0.39 is 16.0 Å². The number of diazo groups is 1. The van der Waals surface area contributed by atoms with Crippen LogP contribution in [0.3, 0.4) is 0 Å². The third-order valence-electron chi connectivity index (χ3n) is 4.00. The Kier molecular flexibility index (Phi) is 5.66. The maximum Gasteiger partial charge on any atom is 0.385 e. The minimum Gasteiger partial charge on any atom is -0.478 e. The lowest BCUT2D eigenvalue weighted by Gasteiger charge is -2.06. The van der Waals surface area contributed by atoms with Crippen LogP contribution in [0.15, 0.2) is 82.8 Å². The number of sulfonamides is 1. The number of carboxylic acids is 1. The molecule has 0 aliphatic rings. The monoisotopic (exact) mass is 407 g/mol. The zero-order chi connectivity index (χ0) is 20.9. The molecule has 8 nitrogen and oxygen atoms in total. The molecule has 9 heteroatoms. The summed E-state index contributed by atoms with van der Waals surface area (Å²) in [7, 11) is -3.90. The molecule has 0 amide bonds. The summed E-state index contributed by atoms with van der Waals surface area (Å²) in [5, 5.41) is 21.4. The van der Waals surface area contributed by atoms with Gasteiger partial charge in [-0.25, -0.2) is 9.63 Å². The van der Waals surface area contributed by atoms with Crippen molar-refractivity contribution in [2.45, 2.75) is 4.90 Å². The summed E-state index contributed by atoms with van der Waals surface area (Å²) in [6.07, 6.45) is 1.28. The smallest absolute Gasteiger partial charge is 0.385 e. The van der Waals surface area contributed by atoms with Crippen LogP contribution in [0, 0.1) is 5.39 Å². The van der Waals surface area contributed by atoms with Crippen molar-refractivity contribution in [1.29, 1.82) is 5.39 Å². The van der Waals surface area contributed by atoms with E-state index in [2.05, 4.69) is 14.9 Å². The Hall–Kier alpha value is -4.03. The standard InChI is InChI=1S/C20H14N4O4S/c21-23-18-10-8-15(9-11-18)17-2-1-3-19(12-17)29(27,28)24-22-13-14-4-6-16(7-5-14)20(25)26/h1-13,24H/p+1/b22-13+. The van der Waals surface area contributed by atoms with Crippen LogP contribution in [-0.4, -0.2) is 25.7 Å². The van der Waals surface area contributed by atoms with Gasteiger partial charge in [-0.1, -0.05) is 24.3 Å². The third-order valence-corrected chi connectivity index (χ3v) is 5.22. The van der Waals surface area contributed by atoms with Crippen molar-refractivity contribution in [3.63, 3.8) is 0 Å². The predicted octanol–water partition coefficient (Wildman–Crippen LogP) is 3.85. The van der Waals surface area contributed by atoms with Crippen LogP contribution in [0.2, 0.25) is 0 Å². The summed E-state index contributed by atoms with van der Waals surface area (Å²) in [5.41, 5.74) is 2.49. The number of carboxylic acid groups (broad SMARTS) is 1. The van der Waals surface area contributed by atoms with Crippen LogP contribution in [0.25, 0.3) is 16.1 Å². The number of nitrogens with zero attached hydrogens (tertiary/aromatic N) is 3. The summed E-state index contributed by atoms with van der Waals surface area (Å²) in [6, 6.07) is 18.8. The van der Waals surface area contributed by atoms with Crippen molar-refractivity contribution >= 4 is 27.9 Å². The van der Waals surface area contributed by atoms with Crippen molar-refractivity contribution in [3.8, 4) is 11.1 Å². The Bertz CT molecular complexity index is 1210. The average molecular weight is 407 g/mol. The number of rotatable bonds is 6. The number of hydrogen-bond acceptors (Lipinski definition) is 5. The normalized spacial score (nSPS) is 11.1. The molecule has 0 unspecified atom stereocenters. The highest BCUT2D eigenvalue weighted by Gasteiger charge is 2.14. The number of nitrogens with one attached hydrogen (secondary N) is 1. The zero-order valence-corrected chi connectivity index (χ0v) is 15.7. The van der Waals surface area contributed by atoms with Gasteiger partial charge in [0.2, 0.25) is 5.39 Å². The molecule has 0 aliphatic heterocycles. The molecule has 0 aliphatic carbocycles. The van der Waals surface area contributed by atoms with Gasteiger partial charge in [-0.05, 0) is 53.1 Å². The number of hydrazone groups is 1. The minimum atomic E-state index is -3.90.